The highest BCUT2D eigenvalue weighted by atomic mass is 16.6. The third-order valence-corrected chi connectivity index (χ3v) is 3.36. The van der Waals surface area contributed by atoms with Gasteiger partial charge in [0.05, 0.1) is 17.1 Å². The van der Waals surface area contributed by atoms with Crippen molar-refractivity contribution in [2.45, 2.75) is 13.3 Å². The molecule has 0 bridgehead atoms. The van der Waals surface area contributed by atoms with Gasteiger partial charge < -0.3 is 14.9 Å². The lowest BCUT2D eigenvalue weighted by Crippen LogP contribution is -2.01. The van der Waals surface area contributed by atoms with Gasteiger partial charge in [-0.1, -0.05) is 25.1 Å². The molecule has 0 aromatic heterocycles. The lowest BCUT2D eigenvalue weighted by Gasteiger charge is -2.07. The minimum Gasteiger partial charge on any atom is -0.508 e. The second-order valence-corrected chi connectivity index (χ2v) is 5.24. The molecule has 7 nitrogen and oxygen atoms in total. The zero-order valence-corrected chi connectivity index (χ0v) is 13.5. The van der Waals surface area contributed by atoms with Crippen molar-refractivity contribution in [1.82, 2.24) is 0 Å². The van der Waals surface area contributed by atoms with Gasteiger partial charge >= 0.3 is 11.7 Å². The van der Waals surface area contributed by atoms with Gasteiger partial charge in [-0.25, -0.2) is 4.79 Å². The molecular formula is C18H17NO6. The van der Waals surface area contributed by atoms with Gasteiger partial charge in [-0.3, -0.25) is 10.1 Å². The summed E-state index contributed by atoms with van der Waals surface area (Å²) in [5.74, 6) is -1.02. The number of carboxylic acids is 1. The van der Waals surface area contributed by atoms with Crippen molar-refractivity contribution in [3.8, 4) is 11.5 Å². The normalized spacial score (nSPS) is 11.2. The van der Waals surface area contributed by atoms with E-state index in [1.54, 1.807) is 6.07 Å². The van der Waals surface area contributed by atoms with Crippen LogP contribution in [0.1, 0.15) is 24.5 Å². The van der Waals surface area contributed by atoms with Crippen LogP contribution in [0.3, 0.4) is 0 Å². The summed E-state index contributed by atoms with van der Waals surface area (Å²) in [6.07, 6.45) is 2.05. The molecule has 0 radical (unpaired) electrons. The van der Waals surface area contributed by atoms with Crippen molar-refractivity contribution in [2.75, 3.05) is 6.61 Å². The van der Waals surface area contributed by atoms with Crippen molar-refractivity contribution >= 4 is 23.3 Å². The van der Waals surface area contributed by atoms with Crippen LogP contribution in [-0.4, -0.2) is 27.7 Å². The van der Waals surface area contributed by atoms with Crippen LogP contribution in [0.15, 0.2) is 42.5 Å². The number of carbonyl (C=O) groups is 1. The first-order chi connectivity index (χ1) is 11.9. The molecule has 0 amide bonds. The third kappa shape index (κ3) is 4.57. The van der Waals surface area contributed by atoms with E-state index in [-0.39, 0.29) is 22.8 Å². The molecule has 0 heterocycles. The molecule has 0 aliphatic carbocycles. The number of phenols is 1. The first-order valence-electron chi connectivity index (χ1n) is 7.58. The van der Waals surface area contributed by atoms with Crippen LogP contribution >= 0.6 is 0 Å². The third-order valence-electron chi connectivity index (χ3n) is 3.36. The van der Waals surface area contributed by atoms with E-state index in [0.717, 1.165) is 0 Å². The molecule has 0 atom stereocenters. The number of aliphatic carboxylic acids is 1. The van der Waals surface area contributed by atoms with E-state index in [9.17, 15) is 25.1 Å². The number of hydrogen-bond donors (Lipinski definition) is 2. The Morgan fingerprint density at radius 2 is 1.92 bits per heavy atom. The van der Waals surface area contributed by atoms with Crippen molar-refractivity contribution < 1.29 is 24.7 Å². The second-order valence-electron chi connectivity index (χ2n) is 5.24. The van der Waals surface area contributed by atoms with Crippen LogP contribution in [0.2, 0.25) is 0 Å². The Bertz CT molecular complexity index is 811. The van der Waals surface area contributed by atoms with E-state index in [0.29, 0.717) is 24.2 Å². The average molecular weight is 343 g/mol. The Morgan fingerprint density at radius 3 is 2.48 bits per heavy atom. The minimum atomic E-state index is -1.18. The molecule has 25 heavy (non-hydrogen) atoms. The van der Waals surface area contributed by atoms with Gasteiger partial charge in [-0.2, -0.15) is 0 Å². The highest BCUT2D eigenvalue weighted by molar-refractivity contribution is 6.20. The second kappa shape index (κ2) is 7.96. The van der Waals surface area contributed by atoms with Crippen molar-refractivity contribution in [3.05, 3.63) is 63.7 Å². The lowest BCUT2D eigenvalue weighted by atomic mass is 10.0. The van der Waals surface area contributed by atoms with Gasteiger partial charge in [0, 0.05) is 6.07 Å². The number of nitrogens with zero attached hydrogens (tertiary/aromatic N) is 1. The number of aromatic hydroxyl groups is 1. The summed E-state index contributed by atoms with van der Waals surface area (Å²) < 4.78 is 5.35. The first kappa shape index (κ1) is 18.0. The van der Waals surface area contributed by atoms with Crippen LogP contribution in [-0.2, 0) is 4.79 Å². The number of ether oxygens (including phenoxy) is 1. The summed E-state index contributed by atoms with van der Waals surface area (Å²) in [6.45, 7) is 2.24. The van der Waals surface area contributed by atoms with Crippen LogP contribution in [0.25, 0.3) is 11.6 Å². The molecule has 2 aromatic rings. The predicted molar refractivity (Wildman–Crippen MR) is 92.5 cm³/mol. The summed E-state index contributed by atoms with van der Waals surface area (Å²) in [5, 5.41) is 30.0. The van der Waals surface area contributed by atoms with Gasteiger partial charge in [-0.15, -0.1) is 0 Å². The van der Waals surface area contributed by atoms with E-state index < -0.39 is 10.9 Å². The topological polar surface area (TPSA) is 110 Å². The van der Waals surface area contributed by atoms with E-state index in [2.05, 4.69) is 0 Å². The summed E-state index contributed by atoms with van der Waals surface area (Å²) in [6, 6.07) is 9.95. The Hall–Kier alpha value is -3.35. The minimum absolute atomic E-state index is 0.0153. The average Bonchev–Trinajstić information content (AvgIpc) is 2.59. The van der Waals surface area contributed by atoms with Crippen molar-refractivity contribution in [3.63, 3.8) is 0 Å². The predicted octanol–water partition coefficient (Wildman–Crippen LogP) is 3.71. The van der Waals surface area contributed by atoms with E-state index in [1.807, 2.05) is 6.92 Å². The summed E-state index contributed by atoms with van der Waals surface area (Å²) in [4.78, 5) is 22.2. The van der Waals surface area contributed by atoms with E-state index in [1.165, 1.54) is 42.5 Å². The number of hydrogen-bond acceptors (Lipinski definition) is 5. The highest BCUT2D eigenvalue weighted by Gasteiger charge is 2.17. The molecule has 0 aliphatic rings. The summed E-state index contributed by atoms with van der Waals surface area (Å²) >= 11 is 0. The van der Waals surface area contributed by atoms with Crippen molar-refractivity contribution in [2.24, 2.45) is 0 Å². The Balaban J connectivity index is 2.45. The van der Waals surface area contributed by atoms with Crippen LogP contribution in [0, 0.1) is 10.1 Å². The quantitative estimate of drug-likeness (QED) is 0.343. The van der Waals surface area contributed by atoms with Crippen LogP contribution < -0.4 is 4.74 Å². The van der Waals surface area contributed by atoms with Gasteiger partial charge in [0.2, 0.25) is 0 Å². The summed E-state index contributed by atoms with van der Waals surface area (Å²) in [5.41, 5.74) is 0.467. The maximum Gasteiger partial charge on any atom is 0.336 e. The fourth-order valence-corrected chi connectivity index (χ4v) is 2.18. The molecule has 0 aliphatic heterocycles. The molecule has 2 aromatic carbocycles. The standard InChI is InChI=1S/C18H17NO6/c1-2-9-25-17-8-3-12(11-16(17)19(23)24)10-15(18(21)22)13-4-6-14(20)7-5-13/h3-8,10-11,20H,2,9H2,1H3,(H,21,22)/b15-10-. The zero-order valence-electron chi connectivity index (χ0n) is 13.5. The smallest absolute Gasteiger partial charge is 0.336 e. The van der Waals surface area contributed by atoms with Gasteiger partial charge in [0.15, 0.2) is 5.75 Å². The number of nitro benzene ring substituents is 1. The number of carboxylic acid groups (broad SMARTS) is 1. The Labute approximate surface area is 144 Å². The van der Waals surface area contributed by atoms with Gasteiger partial charge in [0.1, 0.15) is 5.75 Å². The maximum absolute atomic E-state index is 11.5. The molecule has 0 spiro atoms. The first-order valence-corrected chi connectivity index (χ1v) is 7.58. The molecule has 7 heteroatoms. The van der Waals surface area contributed by atoms with Crippen molar-refractivity contribution in [1.29, 1.82) is 0 Å². The Morgan fingerprint density at radius 1 is 1.24 bits per heavy atom. The molecule has 130 valence electrons. The molecule has 0 saturated heterocycles. The number of benzene rings is 2. The Kier molecular flexibility index (Phi) is 5.73. The fourth-order valence-electron chi connectivity index (χ4n) is 2.18. The highest BCUT2D eigenvalue weighted by Crippen LogP contribution is 2.30. The van der Waals surface area contributed by atoms with Crippen LogP contribution in [0.4, 0.5) is 5.69 Å². The molecule has 2 N–H and O–H groups in total. The number of nitro groups is 1. The van der Waals surface area contributed by atoms with E-state index in [4.69, 9.17) is 4.74 Å². The summed E-state index contributed by atoms with van der Waals surface area (Å²) in [7, 11) is 0. The SMILES string of the molecule is CCCOc1ccc(/C=C(\C(=O)O)c2ccc(O)cc2)cc1[N+](=O)[O-]. The molecular weight excluding hydrogens is 326 g/mol. The fraction of sp³-hybridized carbons (Fsp3) is 0.167. The monoisotopic (exact) mass is 343 g/mol. The largest absolute Gasteiger partial charge is 0.508 e. The molecule has 0 fully saturated rings. The molecule has 0 unspecified atom stereocenters. The maximum atomic E-state index is 11.5. The molecule has 2 rings (SSSR count). The zero-order chi connectivity index (χ0) is 18.4. The van der Waals surface area contributed by atoms with E-state index >= 15 is 0 Å². The van der Waals surface area contributed by atoms with Gasteiger partial charge in [-0.05, 0) is 41.8 Å². The molecule has 0 saturated carbocycles. The van der Waals surface area contributed by atoms with Crippen LogP contribution in [0.5, 0.6) is 11.5 Å². The lowest BCUT2D eigenvalue weighted by molar-refractivity contribution is -0.385. The van der Waals surface area contributed by atoms with Gasteiger partial charge in [0.25, 0.3) is 0 Å². The number of rotatable bonds is 7. The number of phenolic OH excluding ortho intramolecular Hbond substituents is 1.